The van der Waals surface area contributed by atoms with Crippen molar-refractivity contribution in [1.29, 1.82) is 0 Å². The summed E-state index contributed by atoms with van der Waals surface area (Å²) in [7, 11) is 0. The lowest BCUT2D eigenvalue weighted by Gasteiger charge is -2.04. The topological polar surface area (TPSA) is 57.5 Å². The van der Waals surface area contributed by atoms with Crippen LogP contribution in [0.1, 0.15) is 19.3 Å². The van der Waals surface area contributed by atoms with Crippen LogP contribution in [0.15, 0.2) is 0 Å². The fraction of sp³-hybridized carbons (Fsp3) is 0.833. The van der Waals surface area contributed by atoms with Crippen molar-refractivity contribution in [1.82, 2.24) is 0 Å². The summed E-state index contributed by atoms with van der Waals surface area (Å²) in [5.41, 5.74) is 0. The first-order chi connectivity index (χ1) is 4.66. The van der Waals surface area contributed by atoms with Crippen LogP contribution in [-0.4, -0.2) is 28.0 Å². The number of carboxylic acids is 1. The van der Waals surface area contributed by atoms with Crippen molar-refractivity contribution in [2.24, 2.45) is 0 Å². The van der Waals surface area contributed by atoms with E-state index in [2.05, 4.69) is 12.6 Å². The van der Waals surface area contributed by atoms with Gasteiger partial charge in [0.1, 0.15) is 0 Å². The third kappa shape index (κ3) is 5.91. The first kappa shape index (κ1) is 9.78. The summed E-state index contributed by atoms with van der Waals surface area (Å²) in [6, 6.07) is 0. The Balaban J connectivity index is 3.21. The van der Waals surface area contributed by atoms with Gasteiger partial charge in [-0.25, -0.2) is 0 Å². The van der Waals surface area contributed by atoms with Gasteiger partial charge in [0, 0.05) is 18.3 Å². The van der Waals surface area contributed by atoms with E-state index in [0.717, 1.165) is 0 Å². The molecule has 0 heterocycles. The van der Waals surface area contributed by atoms with E-state index in [-0.39, 0.29) is 18.3 Å². The molecule has 2 N–H and O–H groups in total. The number of aliphatic carboxylic acids is 1. The highest BCUT2D eigenvalue weighted by atomic mass is 32.1. The lowest BCUT2D eigenvalue weighted by atomic mass is 10.2. The molecule has 3 nitrogen and oxygen atoms in total. The zero-order chi connectivity index (χ0) is 7.98. The van der Waals surface area contributed by atoms with Crippen LogP contribution in [-0.2, 0) is 4.79 Å². The smallest absolute Gasteiger partial charge is 0.303 e. The molecular formula is C6H12O3S. The molecule has 60 valence electrons. The molecule has 0 aliphatic carbocycles. The number of aliphatic hydroxyl groups is 1. The zero-order valence-corrected chi connectivity index (χ0v) is 6.55. The Kier molecular flexibility index (Phi) is 5.43. The van der Waals surface area contributed by atoms with Crippen molar-refractivity contribution in [3.8, 4) is 0 Å². The van der Waals surface area contributed by atoms with Crippen molar-refractivity contribution in [2.75, 3.05) is 6.61 Å². The number of thiol groups is 1. The fourth-order valence-electron chi connectivity index (χ4n) is 0.583. The number of hydrogen-bond acceptors (Lipinski definition) is 3. The average Bonchev–Trinajstić information content (AvgIpc) is 1.85. The molecule has 10 heavy (non-hydrogen) atoms. The van der Waals surface area contributed by atoms with E-state index in [1.54, 1.807) is 0 Å². The molecule has 1 unspecified atom stereocenters. The van der Waals surface area contributed by atoms with Gasteiger partial charge in [0.2, 0.25) is 0 Å². The summed E-state index contributed by atoms with van der Waals surface area (Å²) in [6.45, 7) is 0.0772. The van der Waals surface area contributed by atoms with Crippen LogP contribution in [0.2, 0.25) is 0 Å². The van der Waals surface area contributed by atoms with Gasteiger partial charge in [0.15, 0.2) is 0 Å². The summed E-state index contributed by atoms with van der Waals surface area (Å²) in [5.74, 6) is -0.808. The van der Waals surface area contributed by atoms with Crippen molar-refractivity contribution in [2.45, 2.75) is 24.5 Å². The fourth-order valence-corrected chi connectivity index (χ4v) is 0.828. The minimum atomic E-state index is -0.808. The molecule has 0 aromatic heterocycles. The predicted octanol–water partition coefficient (Wildman–Crippen LogP) is 0.532. The van der Waals surface area contributed by atoms with E-state index in [0.29, 0.717) is 12.8 Å². The Labute approximate surface area is 65.5 Å². The number of carbonyl (C=O) groups is 1. The highest BCUT2D eigenvalue weighted by Crippen LogP contribution is 2.07. The molecule has 0 saturated heterocycles. The van der Waals surface area contributed by atoms with Crippen LogP contribution >= 0.6 is 12.6 Å². The second-order valence-electron chi connectivity index (χ2n) is 2.10. The summed E-state index contributed by atoms with van der Waals surface area (Å²) in [4.78, 5) is 10.0. The second kappa shape index (κ2) is 5.56. The maximum absolute atomic E-state index is 10.0. The van der Waals surface area contributed by atoms with Gasteiger partial charge in [0.05, 0.1) is 0 Å². The molecule has 0 aliphatic heterocycles. The normalized spacial score (nSPS) is 13.0. The quantitative estimate of drug-likeness (QED) is 0.519. The monoisotopic (exact) mass is 164 g/mol. The van der Waals surface area contributed by atoms with Gasteiger partial charge < -0.3 is 10.2 Å². The highest BCUT2D eigenvalue weighted by Gasteiger charge is 2.04. The van der Waals surface area contributed by atoms with Crippen LogP contribution in [0.4, 0.5) is 0 Å². The summed E-state index contributed by atoms with van der Waals surface area (Å²) in [6.07, 6.45) is 1.23. The van der Waals surface area contributed by atoms with E-state index in [4.69, 9.17) is 10.2 Å². The minimum Gasteiger partial charge on any atom is -0.481 e. The van der Waals surface area contributed by atoms with Gasteiger partial charge in [-0.2, -0.15) is 12.6 Å². The molecule has 0 rings (SSSR count). The van der Waals surface area contributed by atoms with Gasteiger partial charge >= 0.3 is 5.97 Å². The highest BCUT2D eigenvalue weighted by molar-refractivity contribution is 7.80. The molecule has 0 aliphatic rings. The number of carboxylic acid groups (broad SMARTS) is 1. The van der Waals surface area contributed by atoms with E-state index >= 15 is 0 Å². The largest absolute Gasteiger partial charge is 0.481 e. The Bertz CT molecular complexity index is 105. The Morgan fingerprint density at radius 1 is 1.50 bits per heavy atom. The predicted molar refractivity (Wildman–Crippen MR) is 41.3 cm³/mol. The van der Waals surface area contributed by atoms with Gasteiger partial charge in [-0.1, -0.05) is 0 Å². The van der Waals surface area contributed by atoms with Crippen molar-refractivity contribution in [3.05, 3.63) is 0 Å². The van der Waals surface area contributed by atoms with Crippen LogP contribution in [0.3, 0.4) is 0 Å². The molecule has 0 amide bonds. The first-order valence-electron chi connectivity index (χ1n) is 3.17. The Morgan fingerprint density at radius 2 is 2.10 bits per heavy atom. The second-order valence-corrected chi connectivity index (χ2v) is 2.83. The molecule has 1 atom stereocenters. The van der Waals surface area contributed by atoms with Gasteiger partial charge in [0.25, 0.3) is 0 Å². The molecule has 0 aromatic carbocycles. The van der Waals surface area contributed by atoms with Gasteiger partial charge in [-0.05, 0) is 12.8 Å². The van der Waals surface area contributed by atoms with E-state index in [1.807, 2.05) is 0 Å². The maximum Gasteiger partial charge on any atom is 0.303 e. The van der Waals surface area contributed by atoms with Crippen LogP contribution in [0, 0.1) is 0 Å². The Hall–Kier alpha value is -0.220. The summed E-state index contributed by atoms with van der Waals surface area (Å²) >= 11 is 4.06. The van der Waals surface area contributed by atoms with Crippen LogP contribution in [0.25, 0.3) is 0 Å². The third-order valence-electron chi connectivity index (χ3n) is 1.15. The summed E-state index contributed by atoms with van der Waals surface area (Å²) < 4.78 is 0. The third-order valence-corrected chi connectivity index (χ3v) is 1.67. The molecule has 0 saturated carbocycles. The molecule has 4 heteroatoms. The lowest BCUT2D eigenvalue weighted by Crippen LogP contribution is -2.05. The average molecular weight is 164 g/mol. The molecule has 0 fully saturated rings. The standard InChI is InChI=1S/C6H12O3S/c7-4-3-5(10)1-2-6(8)9/h5,7,10H,1-4H2,(H,8,9). The van der Waals surface area contributed by atoms with Gasteiger partial charge in [-0.15, -0.1) is 0 Å². The SMILES string of the molecule is O=C(O)CCC(S)CCO. The van der Waals surface area contributed by atoms with E-state index < -0.39 is 5.97 Å². The summed E-state index contributed by atoms with van der Waals surface area (Å²) in [5, 5.41) is 16.7. The molecular weight excluding hydrogens is 152 g/mol. The lowest BCUT2D eigenvalue weighted by molar-refractivity contribution is -0.137. The molecule has 0 spiro atoms. The van der Waals surface area contributed by atoms with Crippen molar-refractivity contribution >= 4 is 18.6 Å². The van der Waals surface area contributed by atoms with Crippen molar-refractivity contribution < 1.29 is 15.0 Å². The van der Waals surface area contributed by atoms with Crippen LogP contribution in [0.5, 0.6) is 0 Å². The zero-order valence-electron chi connectivity index (χ0n) is 5.66. The maximum atomic E-state index is 10.0. The number of hydrogen-bond donors (Lipinski definition) is 3. The van der Waals surface area contributed by atoms with E-state index in [9.17, 15) is 4.79 Å². The molecule has 0 aromatic rings. The van der Waals surface area contributed by atoms with Crippen molar-refractivity contribution in [3.63, 3.8) is 0 Å². The van der Waals surface area contributed by atoms with Crippen LogP contribution < -0.4 is 0 Å². The minimum absolute atomic E-state index is 0.0149. The van der Waals surface area contributed by atoms with E-state index in [1.165, 1.54) is 0 Å². The molecule has 0 radical (unpaired) electrons. The first-order valence-corrected chi connectivity index (χ1v) is 3.69. The van der Waals surface area contributed by atoms with Gasteiger partial charge in [-0.3, -0.25) is 4.79 Å². The molecule has 0 bridgehead atoms. The Morgan fingerprint density at radius 3 is 2.50 bits per heavy atom. The number of rotatable bonds is 5. The number of aliphatic hydroxyl groups excluding tert-OH is 1.